The molecule has 0 saturated heterocycles. The molecule has 3 atom stereocenters. The number of H-pyrrole nitrogens is 1. The highest BCUT2D eigenvalue weighted by Crippen LogP contribution is 1.95. The zero-order valence-electron chi connectivity index (χ0n) is 10.0. The topological polar surface area (TPSA) is 170 Å². The molecule has 108 valence electrons. The third kappa shape index (κ3) is 7.26. The molecule has 0 fully saturated rings. The van der Waals surface area contributed by atoms with Crippen molar-refractivity contribution < 1.29 is 30.0 Å². The van der Waals surface area contributed by atoms with Crippen LogP contribution in [0.1, 0.15) is 5.69 Å². The summed E-state index contributed by atoms with van der Waals surface area (Å²) in [5, 5.41) is 33.2. The Morgan fingerprint density at radius 1 is 1.53 bits per heavy atom. The average Bonchev–Trinajstić information content (AvgIpc) is 2.90. The fourth-order valence-electron chi connectivity index (χ4n) is 0.914. The van der Waals surface area contributed by atoms with Crippen molar-refractivity contribution in [1.29, 1.82) is 0 Å². The molecule has 19 heavy (non-hydrogen) atoms. The maximum absolute atomic E-state index is 10.3. The first-order chi connectivity index (χ1) is 8.92. The van der Waals surface area contributed by atoms with E-state index in [0.717, 1.165) is 0 Å². The summed E-state index contributed by atoms with van der Waals surface area (Å²) in [7, 11) is 0. The lowest BCUT2D eigenvalue weighted by molar-refractivity contribution is -0.138. The van der Waals surface area contributed by atoms with Gasteiger partial charge in [-0.05, 0) is 0 Å². The standard InChI is InChI=1S/C6H9N3O2.C4H8O4/c7-5(6(10)11)1-4-2-8-3-9-4;5-1-3(7)4(8)2-6/h2-3,5H,1,7H2,(H,8,9)(H,10,11);1,3-4,6-8H,2H2/t5-;3-,4+/m00/s1. The highest BCUT2D eigenvalue weighted by Gasteiger charge is 2.12. The molecule has 0 aliphatic carbocycles. The maximum atomic E-state index is 10.3. The number of carboxylic acid groups (broad SMARTS) is 1. The molecular formula is C10H17N3O6. The van der Waals surface area contributed by atoms with Gasteiger partial charge < -0.3 is 35.9 Å². The summed E-state index contributed by atoms with van der Waals surface area (Å²) in [5.41, 5.74) is 5.92. The molecule has 1 aromatic rings. The number of carbonyl (C=O) groups is 2. The summed E-state index contributed by atoms with van der Waals surface area (Å²) >= 11 is 0. The molecule has 0 bridgehead atoms. The van der Waals surface area contributed by atoms with Gasteiger partial charge in [0.05, 0.1) is 18.6 Å². The monoisotopic (exact) mass is 275 g/mol. The average molecular weight is 275 g/mol. The number of aromatic nitrogens is 2. The quantitative estimate of drug-likeness (QED) is 0.304. The lowest BCUT2D eigenvalue weighted by Crippen LogP contribution is -2.32. The number of nitrogens with two attached hydrogens (primary N) is 1. The second-order valence-electron chi connectivity index (χ2n) is 3.59. The number of aliphatic hydroxyl groups is 3. The number of carboxylic acids is 1. The highest BCUT2D eigenvalue weighted by atomic mass is 16.4. The Balaban J connectivity index is 0.000000362. The van der Waals surface area contributed by atoms with Gasteiger partial charge in [-0.1, -0.05) is 0 Å². The van der Waals surface area contributed by atoms with Gasteiger partial charge in [0.25, 0.3) is 0 Å². The number of nitrogens with one attached hydrogen (secondary N) is 1. The van der Waals surface area contributed by atoms with Crippen LogP contribution in [0.15, 0.2) is 12.5 Å². The predicted octanol–water partition coefficient (Wildman–Crippen LogP) is -2.74. The molecule has 0 unspecified atom stereocenters. The Bertz CT molecular complexity index is 369. The Morgan fingerprint density at radius 2 is 2.16 bits per heavy atom. The van der Waals surface area contributed by atoms with E-state index in [0.29, 0.717) is 5.69 Å². The molecule has 0 saturated carbocycles. The van der Waals surface area contributed by atoms with E-state index in [1.54, 1.807) is 6.20 Å². The first-order valence-electron chi connectivity index (χ1n) is 5.30. The Morgan fingerprint density at radius 3 is 2.47 bits per heavy atom. The molecular weight excluding hydrogens is 258 g/mol. The first kappa shape index (κ1) is 17.2. The number of hydrogen-bond acceptors (Lipinski definition) is 7. The third-order valence-electron chi connectivity index (χ3n) is 2.02. The molecule has 0 spiro atoms. The molecule has 9 nitrogen and oxygen atoms in total. The minimum absolute atomic E-state index is 0.168. The Labute approximate surface area is 108 Å². The lowest BCUT2D eigenvalue weighted by Gasteiger charge is -2.06. The number of nitrogens with zero attached hydrogens (tertiary/aromatic N) is 1. The van der Waals surface area contributed by atoms with Gasteiger partial charge in [0.2, 0.25) is 0 Å². The fourth-order valence-corrected chi connectivity index (χ4v) is 0.914. The Kier molecular flexibility index (Phi) is 8.29. The maximum Gasteiger partial charge on any atom is 0.320 e. The van der Waals surface area contributed by atoms with Gasteiger partial charge in [0.15, 0.2) is 6.29 Å². The van der Waals surface area contributed by atoms with Crippen LogP contribution in [0.25, 0.3) is 0 Å². The van der Waals surface area contributed by atoms with Gasteiger partial charge in [-0.3, -0.25) is 4.79 Å². The molecule has 0 aliphatic heterocycles. The van der Waals surface area contributed by atoms with Gasteiger partial charge in [0.1, 0.15) is 18.2 Å². The number of aldehydes is 1. The minimum atomic E-state index is -1.46. The van der Waals surface area contributed by atoms with E-state index in [9.17, 15) is 9.59 Å². The predicted molar refractivity (Wildman–Crippen MR) is 63.1 cm³/mol. The van der Waals surface area contributed by atoms with Gasteiger partial charge in [-0.25, -0.2) is 4.98 Å². The van der Waals surface area contributed by atoms with Gasteiger partial charge in [0, 0.05) is 12.6 Å². The van der Waals surface area contributed by atoms with Crippen molar-refractivity contribution in [3.63, 3.8) is 0 Å². The van der Waals surface area contributed by atoms with Crippen LogP contribution in [-0.4, -0.2) is 67.5 Å². The molecule has 1 rings (SSSR count). The summed E-state index contributed by atoms with van der Waals surface area (Å²) in [6, 6.07) is -0.863. The van der Waals surface area contributed by atoms with Crippen LogP contribution < -0.4 is 5.73 Å². The van der Waals surface area contributed by atoms with Crippen LogP contribution in [0.2, 0.25) is 0 Å². The molecule has 0 amide bonds. The highest BCUT2D eigenvalue weighted by molar-refractivity contribution is 5.73. The number of carbonyl (C=O) groups excluding carboxylic acids is 1. The molecule has 0 radical (unpaired) electrons. The van der Waals surface area contributed by atoms with Crippen LogP contribution in [-0.2, 0) is 16.0 Å². The number of rotatable bonds is 6. The second-order valence-corrected chi connectivity index (χ2v) is 3.59. The van der Waals surface area contributed by atoms with Crippen LogP contribution in [0, 0.1) is 0 Å². The largest absolute Gasteiger partial charge is 0.480 e. The molecule has 1 aromatic heterocycles. The van der Waals surface area contributed by atoms with Crippen LogP contribution in [0.5, 0.6) is 0 Å². The van der Waals surface area contributed by atoms with E-state index in [2.05, 4.69) is 9.97 Å². The number of hydrogen-bond donors (Lipinski definition) is 6. The molecule has 9 heteroatoms. The second kappa shape index (κ2) is 9.16. The zero-order chi connectivity index (χ0) is 14.8. The fraction of sp³-hybridized carbons (Fsp3) is 0.500. The normalized spacial score (nSPS) is 14.7. The number of aliphatic carboxylic acids is 1. The van der Waals surface area contributed by atoms with E-state index in [4.69, 9.17) is 26.2 Å². The van der Waals surface area contributed by atoms with Crippen LogP contribution in [0.3, 0.4) is 0 Å². The number of aromatic amines is 1. The Hall–Kier alpha value is -1.81. The molecule has 1 heterocycles. The zero-order valence-corrected chi connectivity index (χ0v) is 10.0. The summed E-state index contributed by atoms with van der Waals surface area (Å²) in [6.45, 7) is -0.597. The van der Waals surface area contributed by atoms with Crippen molar-refractivity contribution in [1.82, 2.24) is 9.97 Å². The summed E-state index contributed by atoms with van der Waals surface area (Å²) in [4.78, 5) is 26.4. The molecule has 7 N–H and O–H groups in total. The van der Waals surface area contributed by atoms with E-state index in [1.807, 2.05) is 0 Å². The van der Waals surface area contributed by atoms with Crippen LogP contribution >= 0.6 is 0 Å². The van der Waals surface area contributed by atoms with E-state index >= 15 is 0 Å². The lowest BCUT2D eigenvalue weighted by atomic mass is 10.2. The van der Waals surface area contributed by atoms with Crippen molar-refractivity contribution in [2.45, 2.75) is 24.7 Å². The number of imidazole rings is 1. The van der Waals surface area contributed by atoms with Crippen molar-refractivity contribution in [3.05, 3.63) is 18.2 Å². The van der Waals surface area contributed by atoms with Crippen molar-refractivity contribution in [3.8, 4) is 0 Å². The van der Waals surface area contributed by atoms with E-state index in [1.165, 1.54) is 6.33 Å². The van der Waals surface area contributed by atoms with E-state index < -0.39 is 30.8 Å². The molecule has 0 aromatic carbocycles. The smallest absolute Gasteiger partial charge is 0.320 e. The molecule has 0 aliphatic rings. The van der Waals surface area contributed by atoms with Crippen LogP contribution in [0.4, 0.5) is 0 Å². The van der Waals surface area contributed by atoms with Crippen molar-refractivity contribution >= 4 is 12.3 Å². The summed E-state index contributed by atoms with van der Waals surface area (Å²) in [6.07, 6.45) is 0.749. The van der Waals surface area contributed by atoms with Crippen molar-refractivity contribution in [2.24, 2.45) is 5.73 Å². The van der Waals surface area contributed by atoms with E-state index in [-0.39, 0.29) is 12.7 Å². The number of aliphatic hydroxyl groups excluding tert-OH is 3. The SMILES string of the molecule is N[C@@H](Cc1c[nH]cn1)C(=O)O.O=C[C@H](O)[C@H](O)CO. The van der Waals surface area contributed by atoms with Gasteiger partial charge in [-0.15, -0.1) is 0 Å². The summed E-state index contributed by atoms with van der Waals surface area (Å²) < 4.78 is 0. The van der Waals surface area contributed by atoms with Gasteiger partial charge in [-0.2, -0.15) is 0 Å². The minimum Gasteiger partial charge on any atom is -0.480 e. The summed E-state index contributed by atoms with van der Waals surface area (Å²) in [5.74, 6) is -1.01. The van der Waals surface area contributed by atoms with Gasteiger partial charge >= 0.3 is 5.97 Å². The van der Waals surface area contributed by atoms with Crippen molar-refractivity contribution in [2.75, 3.05) is 6.61 Å². The third-order valence-corrected chi connectivity index (χ3v) is 2.02. The first-order valence-corrected chi connectivity index (χ1v) is 5.30.